The SMILES string of the molecule is Nc1c(F)cccc1C(=O)NC1(c2ccc(F)cc2)CC1. The van der Waals surface area contributed by atoms with E-state index in [0.29, 0.717) is 0 Å². The van der Waals surface area contributed by atoms with Gasteiger partial charge in [0.25, 0.3) is 5.91 Å². The molecule has 1 saturated carbocycles. The number of anilines is 1. The van der Waals surface area contributed by atoms with E-state index in [9.17, 15) is 13.6 Å². The zero-order chi connectivity index (χ0) is 15.0. The van der Waals surface area contributed by atoms with E-state index >= 15 is 0 Å². The Kier molecular flexibility index (Phi) is 3.12. The average Bonchev–Trinajstić information content (AvgIpc) is 3.23. The van der Waals surface area contributed by atoms with Gasteiger partial charge in [0.05, 0.1) is 16.8 Å². The van der Waals surface area contributed by atoms with Gasteiger partial charge in [-0.25, -0.2) is 8.78 Å². The van der Waals surface area contributed by atoms with Crippen LogP contribution in [0.1, 0.15) is 28.8 Å². The van der Waals surface area contributed by atoms with Crippen molar-refractivity contribution in [2.45, 2.75) is 18.4 Å². The second kappa shape index (κ2) is 4.84. The quantitative estimate of drug-likeness (QED) is 0.853. The molecule has 3 N–H and O–H groups in total. The zero-order valence-corrected chi connectivity index (χ0v) is 11.2. The van der Waals surface area contributed by atoms with Crippen molar-refractivity contribution >= 4 is 11.6 Å². The van der Waals surface area contributed by atoms with Crippen LogP contribution in [0.3, 0.4) is 0 Å². The molecule has 1 aliphatic carbocycles. The maximum absolute atomic E-state index is 13.4. The van der Waals surface area contributed by atoms with Crippen LogP contribution in [0.4, 0.5) is 14.5 Å². The van der Waals surface area contributed by atoms with Gasteiger partial charge in [-0.3, -0.25) is 4.79 Å². The molecule has 2 aromatic carbocycles. The minimum Gasteiger partial charge on any atom is -0.396 e. The molecule has 0 aromatic heterocycles. The van der Waals surface area contributed by atoms with Crippen LogP contribution in [0.2, 0.25) is 0 Å². The molecule has 0 aliphatic heterocycles. The van der Waals surface area contributed by atoms with Crippen molar-refractivity contribution in [3.05, 3.63) is 65.2 Å². The molecular weight excluding hydrogens is 274 g/mol. The van der Waals surface area contributed by atoms with E-state index < -0.39 is 17.3 Å². The van der Waals surface area contributed by atoms with Gasteiger partial charge in [0, 0.05) is 0 Å². The molecule has 2 aromatic rings. The van der Waals surface area contributed by atoms with Crippen LogP contribution >= 0.6 is 0 Å². The fourth-order valence-electron chi connectivity index (χ4n) is 2.40. The van der Waals surface area contributed by atoms with E-state index in [1.807, 2.05) is 0 Å². The molecule has 108 valence electrons. The first kappa shape index (κ1) is 13.5. The lowest BCUT2D eigenvalue weighted by atomic mass is 10.0. The molecule has 0 heterocycles. The third-order valence-corrected chi connectivity index (χ3v) is 3.80. The molecule has 3 nitrogen and oxygen atoms in total. The lowest BCUT2D eigenvalue weighted by molar-refractivity contribution is 0.0931. The number of rotatable bonds is 3. The molecule has 0 atom stereocenters. The molecule has 3 rings (SSSR count). The summed E-state index contributed by atoms with van der Waals surface area (Å²) in [5, 5.41) is 2.88. The fraction of sp³-hybridized carbons (Fsp3) is 0.188. The van der Waals surface area contributed by atoms with Crippen LogP contribution in [-0.2, 0) is 5.54 Å². The number of benzene rings is 2. The summed E-state index contributed by atoms with van der Waals surface area (Å²) in [6.07, 6.45) is 1.53. The van der Waals surface area contributed by atoms with Crippen molar-refractivity contribution in [1.82, 2.24) is 5.32 Å². The molecule has 1 amide bonds. The van der Waals surface area contributed by atoms with E-state index in [1.54, 1.807) is 12.1 Å². The second-order valence-corrected chi connectivity index (χ2v) is 5.24. The van der Waals surface area contributed by atoms with Crippen LogP contribution in [-0.4, -0.2) is 5.91 Å². The monoisotopic (exact) mass is 288 g/mol. The molecule has 0 spiro atoms. The van der Waals surface area contributed by atoms with E-state index in [4.69, 9.17) is 5.73 Å². The topological polar surface area (TPSA) is 55.1 Å². The summed E-state index contributed by atoms with van der Waals surface area (Å²) in [5.74, 6) is -1.36. The Labute approximate surface area is 120 Å². The Bertz CT molecular complexity index is 694. The number of nitrogen functional groups attached to an aromatic ring is 1. The molecule has 0 bridgehead atoms. The predicted molar refractivity (Wildman–Crippen MR) is 75.6 cm³/mol. The fourth-order valence-corrected chi connectivity index (χ4v) is 2.40. The average molecular weight is 288 g/mol. The van der Waals surface area contributed by atoms with Crippen molar-refractivity contribution in [3.63, 3.8) is 0 Å². The normalized spacial score (nSPS) is 15.5. The standard InChI is InChI=1S/C16H14F2N2O/c17-11-6-4-10(5-7-11)16(8-9-16)20-15(21)12-2-1-3-13(18)14(12)19/h1-7H,8-9,19H2,(H,20,21). The highest BCUT2D eigenvalue weighted by Gasteiger charge is 2.45. The number of halogens is 2. The third kappa shape index (κ3) is 2.46. The lowest BCUT2D eigenvalue weighted by Crippen LogP contribution is -2.35. The van der Waals surface area contributed by atoms with Crippen LogP contribution in [0, 0.1) is 11.6 Å². The van der Waals surface area contributed by atoms with Gasteiger partial charge in [-0.05, 0) is 42.7 Å². The molecule has 5 heteroatoms. The van der Waals surface area contributed by atoms with Gasteiger partial charge in [0.1, 0.15) is 11.6 Å². The largest absolute Gasteiger partial charge is 0.396 e. The molecule has 0 unspecified atom stereocenters. The van der Waals surface area contributed by atoms with E-state index in [-0.39, 0.29) is 17.1 Å². The minimum absolute atomic E-state index is 0.114. The Morgan fingerprint density at radius 2 is 1.76 bits per heavy atom. The summed E-state index contributed by atoms with van der Waals surface area (Å²) >= 11 is 0. The summed E-state index contributed by atoms with van der Waals surface area (Å²) in [5.41, 5.74) is 5.89. The third-order valence-electron chi connectivity index (χ3n) is 3.80. The van der Waals surface area contributed by atoms with Gasteiger partial charge in [0.15, 0.2) is 0 Å². The van der Waals surface area contributed by atoms with Crippen LogP contribution in [0.5, 0.6) is 0 Å². The number of carbonyl (C=O) groups excluding carboxylic acids is 1. The Balaban J connectivity index is 1.84. The first-order chi connectivity index (χ1) is 10.0. The number of para-hydroxylation sites is 1. The van der Waals surface area contributed by atoms with Crippen molar-refractivity contribution < 1.29 is 13.6 Å². The van der Waals surface area contributed by atoms with Crippen LogP contribution in [0.15, 0.2) is 42.5 Å². The van der Waals surface area contributed by atoms with E-state index in [1.165, 1.54) is 30.3 Å². The highest BCUT2D eigenvalue weighted by Crippen LogP contribution is 2.45. The smallest absolute Gasteiger partial charge is 0.254 e. The molecule has 0 saturated heterocycles. The van der Waals surface area contributed by atoms with Gasteiger partial charge in [-0.2, -0.15) is 0 Å². The number of carbonyl (C=O) groups is 1. The minimum atomic E-state index is -0.616. The van der Waals surface area contributed by atoms with Gasteiger partial charge in [-0.15, -0.1) is 0 Å². The van der Waals surface area contributed by atoms with Crippen molar-refractivity contribution in [2.75, 3.05) is 5.73 Å². The number of hydrogen-bond acceptors (Lipinski definition) is 2. The van der Waals surface area contributed by atoms with E-state index in [2.05, 4.69) is 5.32 Å². The highest BCUT2D eigenvalue weighted by atomic mass is 19.1. The van der Waals surface area contributed by atoms with Gasteiger partial charge < -0.3 is 11.1 Å². The summed E-state index contributed by atoms with van der Waals surface area (Å²) in [6, 6.07) is 10.1. The van der Waals surface area contributed by atoms with Crippen molar-refractivity contribution in [3.8, 4) is 0 Å². The molecule has 0 radical (unpaired) electrons. The van der Waals surface area contributed by atoms with Crippen molar-refractivity contribution in [1.29, 1.82) is 0 Å². The maximum Gasteiger partial charge on any atom is 0.254 e. The summed E-state index contributed by atoms with van der Waals surface area (Å²) in [7, 11) is 0. The number of hydrogen-bond donors (Lipinski definition) is 2. The lowest BCUT2D eigenvalue weighted by Gasteiger charge is -2.18. The van der Waals surface area contributed by atoms with Gasteiger partial charge in [0.2, 0.25) is 0 Å². The molecule has 1 aliphatic rings. The first-order valence-electron chi connectivity index (χ1n) is 6.64. The predicted octanol–water partition coefficient (Wildman–Crippen LogP) is 2.97. The summed E-state index contributed by atoms with van der Waals surface area (Å²) < 4.78 is 26.4. The molecular formula is C16H14F2N2O. The maximum atomic E-state index is 13.4. The van der Waals surface area contributed by atoms with Gasteiger partial charge >= 0.3 is 0 Å². The summed E-state index contributed by atoms with van der Waals surface area (Å²) in [6.45, 7) is 0. The number of amides is 1. The molecule has 21 heavy (non-hydrogen) atoms. The second-order valence-electron chi connectivity index (χ2n) is 5.24. The zero-order valence-electron chi connectivity index (χ0n) is 11.2. The van der Waals surface area contributed by atoms with E-state index in [0.717, 1.165) is 18.4 Å². The first-order valence-corrected chi connectivity index (χ1v) is 6.64. The van der Waals surface area contributed by atoms with Crippen LogP contribution in [0.25, 0.3) is 0 Å². The number of nitrogens with one attached hydrogen (secondary N) is 1. The Morgan fingerprint density at radius 3 is 2.38 bits per heavy atom. The van der Waals surface area contributed by atoms with Crippen LogP contribution < -0.4 is 11.1 Å². The number of nitrogens with two attached hydrogens (primary N) is 1. The van der Waals surface area contributed by atoms with Crippen molar-refractivity contribution in [2.24, 2.45) is 0 Å². The summed E-state index contributed by atoms with van der Waals surface area (Å²) in [4.78, 5) is 12.3. The molecule has 1 fully saturated rings. The van der Waals surface area contributed by atoms with Gasteiger partial charge in [-0.1, -0.05) is 18.2 Å². The Morgan fingerprint density at radius 1 is 1.10 bits per heavy atom. The highest BCUT2D eigenvalue weighted by molar-refractivity contribution is 5.99. The Hall–Kier alpha value is -2.43.